The van der Waals surface area contributed by atoms with Crippen molar-refractivity contribution < 1.29 is 0 Å². The van der Waals surface area contributed by atoms with Gasteiger partial charge in [-0.2, -0.15) is 10.2 Å². The first kappa shape index (κ1) is 12.5. The third-order valence-corrected chi connectivity index (χ3v) is 7.18. The molecule has 0 spiro atoms. The second-order valence-corrected chi connectivity index (χ2v) is 7.82. The molecule has 0 radical (unpaired) electrons. The summed E-state index contributed by atoms with van der Waals surface area (Å²) in [4.78, 5) is 0. The molecule has 23 heavy (non-hydrogen) atoms. The minimum atomic E-state index is -0.00856. The van der Waals surface area contributed by atoms with E-state index >= 15 is 0 Å². The highest BCUT2D eigenvalue weighted by Crippen LogP contribution is 2.78. The molecule has 0 amide bonds. The van der Waals surface area contributed by atoms with Gasteiger partial charge in [-0.3, -0.25) is 0 Å². The van der Waals surface area contributed by atoms with E-state index in [9.17, 15) is 0 Å². The van der Waals surface area contributed by atoms with Crippen molar-refractivity contribution in [1.82, 2.24) is 0 Å². The Labute approximate surface area is 136 Å². The average Bonchev–Trinajstić information content (AvgIpc) is 3.39. The molecule has 2 aromatic carbocycles. The Morgan fingerprint density at radius 1 is 0.609 bits per heavy atom. The summed E-state index contributed by atoms with van der Waals surface area (Å²) in [6.45, 7) is 0. The molecule has 2 heterocycles. The normalized spacial score (nSPS) is 45.0. The van der Waals surface area contributed by atoms with Crippen molar-refractivity contribution in [2.24, 2.45) is 33.9 Å². The zero-order valence-corrected chi connectivity index (χ0v) is 13.1. The van der Waals surface area contributed by atoms with Crippen molar-refractivity contribution in [3.05, 3.63) is 71.8 Å². The zero-order valence-electron chi connectivity index (χ0n) is 13.1. The SMILES string of the molecule is c1ccc([C@]23N=N[C@@](c4ccccc4)([C@H]4CC[C@@H]42)[C@H]2C[C@@H]23)cc1. The lowest BCUT2D eigenvalue weighted by molar-refractivity contribution is -0.0811. The van der Waals surface area contributed by atoms with E-state index in [4.69, 9.17) is 10.2 Å². The van der Waals surface area contributed by atoms with Gasteiger partial charge in [-0.15, -0.1) is 0 Å². The van der Waals surface area contributed by atoms with Crippen LogP contribution in [-0.2, 0) is 11.1 Å². The third kappa shape index (κ3) is 1.26. The van der Waals surface area contributed by atoms with Gasteiger partial charge in [0, 0.05) is 0 Å². The van der Waals surface area contributed by atoms with Gasteiger partial charge in [0.1, 0.15) is 11.1 Å². The van der Waals surface area contributed by atoms with Crippen molar-refractivity contribution >= 4 is 0 Å². The van der Waals surface area contributed by atoms with E-state index < -0.39 is 0 Å². The molecule has 2 heteroatoms. The first-order valence-corrected chi connectivity index (χ1v) is 8.92. The van der Waals surface area contributed by atoms with Gasteiger partial charge in [-0.1, -0.05) is 60.7 Å². The monoisotopic (exact) mass is 300 g/mol. The molecule has 0 saturated heterocycles. The molecule has 6 atom stereocenters. The van der Waals surface area contributed by atoms with E-state index in [-0.39, 0.29) is 11.1 Å². The molecule has 0 N–H and O–H groups in total. The van der Waals surface area contributed by atoms with Crippen molar-refractivity contribution in [3.8, 4) is 0 Å². The quantitative estimate of drug-likeness (QED) is 0.752. The summed E-state index contributed by atoms with van der Waals surface area (Å²) in [6, 6.07) is 22.0. The van der Waals surface area contributed by atoms with E-state index in [2.05, 4.69) is 60.7 Å². The smallest absolute Gasteiger partial charge is 0.113 e. The molecule has 3 saturated carbocycles. The van der Waals surface area contributed by atoms with E-state index in [1.165, 1.54) is 30.4 Å². The number of hydrogen-bond acceptors (Lipinski definition) is 2. The summed E-state index contributed by atoms with van der Waals surface area (Å²) >= 11 is 0. The molecule has 114 valence electrons. The number of azo groups is 1. The highest BCUT2D eigenvalue weighted by Gasteiger charge is 2.78. The van der Waals surface area contributed by atoms with Crippen LogP contribution in [0.3, 0.4) is 0 Å². The summed E-state index contributed by atoms with van der Waals surface area (Å²) in [6.07, 6.45) is 3.93. The molecule has 2 aliphatic heterocycles. The molecule has 0 unspecified atom stereocenters. The maximum atomic E-state index is 5.08. The standard InChI is InChI=1S/C21H20N2/c1-3-7-14(8-4-1)20-16-11-12-17(16)21(23-22-20,19-13-18(19)20)15-9-5-2-6-10-15/h1-10,16-19H,11-13H2/t16-,17-,18-,19-,20-,21-/m0/s1. The van der Waals surface area contributed by atoms with Crippen molar-refractivity contribution in [2.75, 3.05) is 0 Å². The van der Waals surface area contributed by atoms with Gasteiger partial charge < -0.3 is 0 Å². The Morgan fingerprint density at radius 2 is 1.04 bits per heavy atom. The highest BCUT2D eigenvalue weighted by atomic mass is 15.3. The number of rotatable bonds is 2. The fraction of sp³-hybridized carbons (Fsp3) is 0.429. The van der Waals surface area contributed by atoms with E-state index in [0.717, 1.165) is 0 Å². The Hall–Kier alpha value is -1.96. The molecule has 2 bridgehead atoms. The van der Waals surface area contributed by atoms with Crippen LogP contribution in [0, 0.1) is 23.7 Å². The molecular weight excluding hydrogens is 280 g/mol. The predicted octanol–water partition coefficient (Wildman–Crippen LogP) is 4.92. The van der Waals surface area contributed by atoms with E-state index in [1.54, 1.807) is 0 Å². The van der Waals surface area contributed by atoms with Gasteiger partial charge in [-0.25, -0.2) is 0 Å². The van der Waals surface area contributed by atoms with Crippen LogP contribution in [0.25, 0.3) is 0 Å². The van der Waals surface area contributed by atoms with Crippen molar-refractivity contribution in [1.29, 1.82) is 0 Å². The Morgan fingerprint density at radius 3 is 1.43 bits per heavy atom. The Kier molecular flexibility index (Phi) is 2.12. The molecule has 7 rings (SSSR count). The summed E-state index contributed by atoms with van der Waals surface area (Å²) in [5.74, 6) is 2.77. The second-order valence-electron chi connectivity index (χ2n) is 7.82. The molecule has 0 aromatic heterocycles. The largest absolute Gasteiger partial charge is 0.181 e. The number of hydrogen-bond donors (Lipinski definition) is 0. The van der Waals surface area contributed by atoms with Crippen LogP contribution < -0.4 is 0 Å². The molecule has 2 nitrogen and oxygen atoms in total. The van der Waals surface area contributed by atoms with Crippen LogP contribution in [0.1, 0.15) is 30.4 Å². The van der Waals surface area contributed by atoms with Gasteiger partial charge in [0.05, 0.1) is 0 Å². The van der Waals surface area contributed by atoms with Gasteiger partial charge >= 0.3 is 0 Å². The number of nitrogens with zero attached hydrogens (tertiary/aromatic N) is 2. The van der Waals surface area contributed by atoms with Crippen LogP contribution in [0.2, 0.25) is 0 Å². The summed E-state index contributed by atoms with van der Waals surface area (Å²) in [5, 5.41) is 10.2. The lowest BCUT2D eigenvalue weighted by atomic mass is 9.47. The molecule has 2 aromatic rings. The minimum absolute atomic E-state index is 0.00856. The van der Waals surface area contributed by atoms with Crippen LogP contribution in [0.5, 0.6) is 0 Å². The maximum Gasteiger partial charge on any atom is 0.113 e. The Balaban J connectivity index is 1.58. The minimum Gasteiger partial charge on any atom is -0.181 e. The second kappa shape index (κ2) is 3.92. The first-order valence-electron chi connectivity index (χ1n) is 8.92. The Bertz CT molecular complexity index is 732. The van der Waals surface area contributed by atoms with E-state index in [1.807, 2.05) is 0 Å². The molecule has 5 aliphatic rings. The van der Waals surface area contributed by atoms with Crippen molar-refractivity contribution in [3.63, 3.8) is 0 Å². The van der Waals surface area contributed by atoms with Crippen molar-refractivity contribution in [2.45, 2.75) is 30.3 Å². The maximum absolute atomic E-state index is 5.08. The van der Waals surface area contributed by atoms with Gasteiger partial charge in [0.15, 0.2) is 0 Å². The van der Waals surface area contributed by atoms with Gasteiger partial charge in [-0.05, 0) is 54.1 Å². The van der Waals surface area contributed by atoms with Gasteiger partial charge in [0.25, 0.3) is 0 Å². The molecule has 3 aliphatic carbocycles. The highest BCUT2D eigenvalue weighted by molar-refractivity contribution is 5.43. The molecule has 3 fully saturated rings. The fourth-order valence-corrected chi connectivity index (χ4v) is 6.12. The van der Waals surface area contributed by atoms with Crippen LogP contribution >= 0.6 is 0 Å². The first-order chi connectivity index (χ1) is 11.4. The zero-order chi connectivity index (χ0) is 15.1. The third-order valence-electron chi connectivity index (χ3n) is 7.18. The average molecular weight is 300 g/mol. The van der Waals surface area contributed by atoms with Crippen LogP contribution in [0.4, 0.5) is 0 Å². The number of benzene rings is 2. The predicted molar refractivity (Wildman–Crippen MR) is 88.9 cm³/mol. The summed E-state index contributed by atoms with van der Waals surface area (Å²) < 4.78 is 0. The van der Waals surface area contributed by atoms with E-state index in [0.29, 0.717) is 23.7 Å². The fourth-order valence-electron chi connectivity index (χ4n) is 6.12. The molecular formula is C21H20N2. The topological polar surface area (TPSA) is 24.7 Å². The summed E-state index contributed by atoms with van der Waals surface area (Å²) in [5.41, 5.74) is 2.80. The lowest BCUT2D eigenvalue weighted by Gasteiger charge is -2.61. The van der Waals surface area contributed by atoms with Gasteiger partial charge in [0.2, 0.25) is 0 Å². The van der Waals surface area contributed by atoms with Crippen LogP contribution in [-0.4, -0.2) is 0 Å². The lowest BCUT2D eigenvalue weighted by Crippen LogP contribution is -2.61. The summed E-state index contributed by atoms with van der Waals surface area (Å²) in [7, 11) is 0. The van der Waals surface area contributed by atoms with Crippen LogP contribution in [0.15, 0.2) is 70.9 Å².